The first-order chi connectivity index (χ1) is 17.0. The van der Waals surface area contributed by atoms with Crippen LogP contribution in [0.1, 0.15) is 43.5 Å². The number of fused-ring (bicyclic) bond motifs is 1. The number of benzene rings is 1. The van der Waals surface area contributed by atoms with Crippen molar-refractivity contribution >= 4 is 28.7 Å². The molecule has 2 fully saturated rings. The van der Waals surface area contributed by atoms with Crippen LogP contribution < -0.4 is 15.6 Å². The van der Waals surface area contributed by atoms with E-state index in [0.717, 1.165) is 23.6 Å². The Labute approximate surface area is 203 Å². The number of hydrogen-bond donors (Lipinski definition) is 2. The summed E-state index contributed by atoms with van der Waals surface area (Å²) in [7, 11) is 0. The molecule has 0 spiro atoms. The number of anilines is 1. The number of nitrogens with zero attached hydrogens (tertiary/aromatic N) is 3. The highest BCUT2D eigenvalue weighted by molar-refractivity contribution is 5.99. The number of hydrogen-bond acceptors (Lipinski definition) is 5. The summed E-state index contributed by atoms with van der Waals surface area (Å²) in [4.78, 5) is 44.2. The maximum atomic E-state index is 14.9. The topological polar surface area (TPSA) is 105 Å². The predicted octanol–water partition coefficient (Wildman–Crippen LogP) is 2.82. The number of carbonyl (C=O) groups excluding carboxylic acids is 2. The van der Waals surface area contributed by atoms with Crippen LogP contribution in [0.4, 0.5) is 19.0 Å². The minimum Gasteiger partial charge on any atom is -0.391 e. The summed E-state index contributed by atoms with van der Waals surface area (Å²) in [6.45, 7) is 3.62. The van der Waals surface area contributed by atoms with Crippen LogP contribution in [0.2, 0.25) is 0 Å². The number of nitrogens with one attached hydrogen (secondary N) is 1. The van der Waals surface area contributed by atoms with Gasteiger partial charge in [-0.15, -0.1) is 0 Å². The van der Waals surface area contributed by atoms with Crippen LogP contribution >= 0.6 is 0 Å². The van der Waals surface area contributed by atoms with E-state index in [1.54, 1.807) is 0 Å². The lowest BCUT2D eigenvalue weighted by Gasteiger charge is -2.26. The fraction of sp³-hybridized carbons (Fsp3) is 0.360. The van der Waals surface area contributed by atoms with Crippen molar-refractivity contribution in [1.82, 2.24) is 14.9 Å². The highest BCUT2D eigenvalue weighted by Gasteiger charge is 2.39. The van der Waals surface area contributed by atoms with Crippen molar-refractivity contribution < 1.29 is 27.9 Å². The molecule has 2 aliphatic rings. The third-order valence-corrected chi connectivity index (χ3v) is 6.72. The average Bonchev–Trinajstić information content (AvgIpc) is 3.59. The number of β-amino-alcohol motifs (C(OH)–C–C–N with tert-alkyl or cyclic N) is 1. The Balaban J connectivity index is 1.73. The van der Waals surface area contributed by atoms with Crippen LogP contribution in [-0.4, -0.2) is 44.7 Å². The smallest absolute Gasteiger partial charge is 0.257 e. The van der Waals surface area contributed by atoms with E-state index >= 15 is 0 Å². The number of aromatic nitrogens is 2. The van der Waals surface area contributed by atoms with Crippen molar-refractivity contribution in [3.8, 4) is 5.69 Å². The molecule has 1 saturated carbocycles. The van der Waals surface area contributed by atoms with Gasteiger partial charge in [0.25, 0.3) is 5.91 Å². The molecule has 1 saturated heterocycles. The second-order valence-corrected chi connectivity index (χ2v) is 9.81. The van der Waals surface area contributed by atoms with Gasteiger partial charge in [0.15, 0.2) is 17.3 Å². The maximum absolute atomic E-state index is 14.9. The summed E-state index contributed by atoms with van der Waals surface area (Å²) in [5, 5.41) is 12.5. The van der Waals surface area contributed by atoms with E-state index in [-0.39, 0.29) is 41.3 Å². The van der Waals surface area contributed by atoms with Gasteiger partial charge in [0.2, 0.25) is 11.3 Å². The highest BCUT2D eigenvalue weighted by Crippen LogP contribution is 2.39. The molecule has 2 N–H and O–H groups in total. The first kappa shape index (κ1) is 24.0. The number of rotatable bonds is 5. The lowest BCUT2D eigenvalue weighted by Crippen LogP contribution is -2.46. The standard InChI is InChI=1S/C25H23F3N4O4/c1-25(2,12-3-4-12)30-24(36)16-11-32(21-17(27)7-13(26)8-18(21)28)23-15(22(16)35)5-6-19(29-23)31-10-14(33)9-20(31)34/h5-8,11-12,14,33H,3-4,9-10H2,1-2H3,(H,30,36). The van der Waals surface area contributed by atoms with Gasteiger partial charge in [-0.05, 0) is 44.7 Å². The molecule has 3 aromatic rings. The van der Waals surface area contributed by atoms with Gasteiger partial charge in [0, 0.05) is 23.9 Å². The number of pyridine rings is 2. The molecule has 1 aliphatic heterocycles. The molecule has 1 unspecified atom stereocenters. The van der Waals surface area contributed by atoms with E-state index < -0.39 is 52.0 Å². The summed E-state index contributed by atoms with van der Waals surface area (Å²) < 4.78 is 44.2. The Morgan fingerprint density at radius 2 is 1.81 bits per heavy atom. The number of halogens is 3. The average molecular weight is 500 g/mol. The van der Waals surface area contributed by atoms with E-state index in [1.807, 2.05) is 13.8 Å². The summed E-state index contributed by atoms with van der Waals surface area (Å²) in [6.07, 6.45) is 1.80. The molecule has 2 amide bonds. The normalized spacial score (nSPS) is 18.2. The van der Waals surface area contributed by atoms with Crippen molar-refractivity contribution in [2.75, 3.05) is 11.4 Å². The van der Waals surface area contributed by atoms with Gasteiger partial charge < -0.3 is 10.4 Å². The van der Waals surface area contributed by atoms with E-state index in [4.69, 9.17) is 0 Å². The number of aliphatic hydroxyl groups is 1. The molecule has 1 atom stereocenters. The minimum absolute atomic E-state index is 0.0441. The van der Waals surface area contributed by atoms with Crippen LogP contribution in [0, 0.1) is 23.4 Å². The molecule has 1 aromatic carbocycles. The Morgan fingerprint density at radius 3 is 2.39 bits per heavy atom. The predicted molar refractivity (Wildman–Crippen MR) is 124 cm³/mol. The van der Waals surface area contributed by atoms with E-state index in [1.165, 1.54) is 17.0 Å². The fourth-order valence-corrected chi connectivity index (χ4v) is 4.62. The van der Waals surface area contributed by atoms with Crippen molar-refractivity contribution in [3.63, 3.8) is 0 Å². The van der Waals surface area contributed by atoms with Crippen molar-refractivity contribution in [1.29, 1.82) is 0 Å². The van der Waals surface area contributed by atoms with Gasteiger partial charge in [-0.3, -0.25) is 23.9 Å². The van der Waals surface area contributed by atoms with Crippen LogP contribution in [0.15, 0.2) is 35.3 Å². The van der Waals surface area contributed by atoms with Crippen LogP contribution in [0.5, 0.6) is 0 Å². The van der Waals surface area contributed by atoms with Gasteiger partial charge in [-0.2, -0.15) is 0 Å². The third kappa shape index (κ3) is 4.13. The Bertz CT molecular complexity index is 1460. The lowest BCUT2D eigenvalue weighted by molar-refractivity contribution is -0.117. The van der Waals surface area contributed by atoms with Gasteiger partial charge in [-0.25, -0.2) is 18.2 Å². The van der Waals surface area contributed by atoms with Crippen LogP contribution in [-0.2, 0) is 4.79 Å². The SMILES string of the molecule is CC(C)(NC(=O)c1cn(-c2c(F)cc(F)cc2F)c2nc(N3CC(O)CC3=O)ccc2c1=O)C1CC1. The van der Waals surface area contributed by atoms with Gasteiger partial charge >= 0.3 is 0 Å². The summed E-state index contributed by atoms with van der Waals surface area (Å²) >= 11 is 0. The highest BCUT2D eigenvalue weighted by atomic mass is 19.1. The monoisotopic (exact) mass is 500 g/mol. The number of amides is 2. The third-order valence-electron chi connectivity index (χ3n) is 6.72. The second kappa shape index (κ2) is 8.44. The molecule has 0 bridgehead atoms. The minimum atomic E-state index is -1.28. The maximum Gasteiger partial charge on any atom is 0.257 e. The molecule has 36 heavy (non-hydrogen) atoms. The molecular formula is C25H23F3N4O4. The molecule has 11 heteroatoms. The quantitative estimate of drug-likeness (QED) is 0.561. The summed E-state index contributed by atoms with van der Waals surface area (Å²) in [5.74, 6) is -4.54. The van der Waals surface area contributed by atoms with Gasteiger partial charge in [0.1, 0.15) is 22.9 Å². The molecule has 8 nitrogen and oxygen atoms in total. The molecular weight excluding hydrogens is 477 g/mol. The zero-order chi connectivity index (χ0) is 25.9. The molecule has 3 heterocycles. The van der Waals surface area contributed by atoms with Crippen molar-refractivity contribution in [3.05, 3.63) is 63.7 Å². The van der Waals surface area contributed by atoms with E-state index in [0.29, 0.717) is 12.1 Å². The lowest BCUT2D eigenvalue weighted by atomic mass is 9.98. The molecule has 2 aromatic heterocycles. The zero-order valence-corrected chi connectivity index (χ0v) is 19.5. The Kier molecular flexibility index (Phi) is 5.62. The van der Waals surface area contributed by atoms with Crippen LogP contribution in [0.3, 0.4) is 0 Å². The molecule has 0 radical (unpaired) electrons. The largest absolute Gasteiger partial charge is 0.391 e. The van der Waals surface area contributed by atoms with Gasteiger partial charge in [-0.1, -0.05) is 0 Å². The van der Waals surface area contributed by atoms with E-state index in [2.05, 4.69) is 10.3 Å². The first-order valence-electron chi connectivity index (χ1n) is 11.5. The zero-order valence-electron chi connectivity index (χ0n) is 19.5. The summed E-state index contributed by atoms with van der Waals surface area (Å²) in [5.41, 5.74) is -2.68. The molecule has 1 aliphatic carbocycles. The summed E-state index contributed by atoms with van der Waals surface area (Å²) in [6, 6.07) is 3.61. The Hall–Kier alpha value is -3.73. The van der Waals surface area contributed by atoms with Crippen molar-refractivity contribution in [2.24, 2.45) is 5.92 Å². The van der Waals surface area contributed by atoms with Crippen molar-refractivity contribution in [2.45, 2.75) is 44.8 Å². The Morgan fingerprint density at radius 1 is 1.14 bits per heavy atom. The molecule has 188 valence electrons. The first-order valence-corrected chi connectivity index (χ1v) is 11.5. The van der Waals surface area contributed by atoms with Gasteiger partial charge in [0.05, 0.1) is 24.5 Å². The fourth-order valence-electron chi connectivity index (χ4n) is 4.62. The van der Waals surface area contributed by atoms with Crippen LogP contribution in [0.25, 0.3) is 16.7 Å². The number of carbonyl (C=O) groups is 2. The van der Waals surface area contributed by atoms with E-state index in [9.17, 15) is 32.7 Å². The number of aliphatic hydroxyl groups excluding tert-OH is 1. The molecule has 5 rings (SSSR count). The second-order valence-electron chi connectivity index (χ2n) is 9.81.